The van der Waals surface area contributed by atoms with Gasteiger partial charge in [-0.3, -0.25) is 0 Å². The monoisotopic (exact) mass is 259 g/mol. The average Bonchev–Trinajstić information content (AvgIpc) is 2.79. The van der Waals surface area contributed by atoms with E-state index < -0.39 is 11.6 Å². The summed E-state index contributed by atoms with van der Waals surface area (Å²) in [5, 5.41) is 0. The number of pyridine rings is 1. The predicted octanol–water partition coefficient (Wildman–Crippen LogP) is 3.52. The van der Waals surface area contributed by atoms with Crippen molar-refractivity contribution in [2.24, 2.45) is 0 Å². The van der Waals surface area contributed by atoms with Gasteiger partial charge < -0.3 is 4.98 Å². The van der Waals surface area contributed by atoms with Crippen molar-refractivity contribution in [2.75, 3.05) is 0 Å². The summed E-state index contributed by atoms with van der Waals surface area (Å²) in [6, 6.07) is 4.16. The SMILES string of the molecule is Cc1cc(-c2nc3nccc(C)c3[nH]2)c(F)cc1F. The lowest BCUT2D eigenvalue weighted by molar-refractivity contribution is 0.579. The molecule has 1 aromatic carbocycles. The first-order valence-corrected chi connectivity index (χ1v) is 5.83. The number of benzene rings is 1. The molecule has 0 radical (unpaired) electrons. The standard InChI is InChI=1S/C14H11F2N3/c1-7-3-4-17-14-12(7)18-13(19-14)9-5-8(2)10(15)6-11(9)16/h3-6H,1-2H3,(H,17,18,19). The van der Waals surface area contributed by atoms with Crippen molar-refractivity contribution in [3.63, 3.8) is 0 Å². The number of H-pyrrole nitrogens is 1. The molecule has 0 unspecified atom stereocenters. The number of rotatable bonds is 1. The summed E-state index contributed by atoms with van der Waals surface area (Å²) in [6.45, 7) is 3.50. The maximum absolute atomic E-state index is 13.8. The molecule has 3 rings (SSSR count). The minimum atomic E-state index is -0.639. The van der Waals surface area contributed by atoms with Crippen molar-refractivity contribution in [3.05, 3.63) is 47.2 Å². The van der Waals surface area contributed by atoms with Crippen LogP contribution in [0, 0.1) is 25.5 Å². The maximum atomic E-state index is 13.8. The molecule has 0 atom stereocenters. The summed E-state index contributed by atoms with van der Waals surface area (Å²) in [7, 11) is 0. The largest absolute Gasteiger partial charge is 0.336 e. The Hall–Kier alpha value is -2.30. The fraction of sp³-hybridized carbons (Fsp3) is 0.143. The fourth-order valence-corrected chi connectivity index (χ4v) is 2.00. The summed E-state index contributed by atoms with van der Waals surface area (Å²) in [4.78, 5) is 11.4. The van der Waals surface area contributed by atoms with Crippen molar-refractivity contribution in [2.45, 2.75) is 13.8 Å². The Balaban J connectivity index is 2.25. The van der Waals surface area contributed by atoms with E-state index in [4.69, 9.17) is 0 Å². The molecule has 0 bridgehead atoms. The van der Waals surface area contributed by atoms with Crippen LogP contribution in [0.2, 0.25) is 0 Å². The van der Waals surface area contributed by atoms with E-state index in [1.54, 1.807) is 13.1 Å². The van der Waals surface area contributed by atoms with Gasteiger partial charge in [0.1, 0.15) is 17.5 Å². The molecule has 0 aliphatic heterocycles. The number of hydrogen-bond acceptors (Lipinski definition) is 2. The van der Waals surface area contributed by atoms with Gasteiger partial charge >= 0.3 is 0 Å². The van der Waals surface area contributed by atoms with E-state index in [0.29, 0.717) is 17.0 Å². The summed E-state index contributed by atoms with van der Waals surface area (Å²) < 4.78 is 27.1. The smallest absolute Gasteiger partial charge is 0.178 e. The highest BCUT2D eigenvalue weighted by Gasteiger charge is 2.14. The first-order chi connectivity index (χ1) is 9.06. The first kappa shape index (κ1) is 11.8. The molecule has 2 heterocycles. The third-order valence-corrected chi connectivity index (χ3v) is 3.10. The number of nitrogens with zero attached hydrogens (tertiary/aromatic N) is 2. The van der Waals surface area contributed by atoms with Gasteiger partial charge in [0, 0.05) is 12.3 Å². The molecule has 1 N–H and O–H groups in total. The Morgan fingerprint density at radius 1 is 1.05 bits per heavy atom. The van der Waals surface area contributed by atoms with Gasteiger partial charge in [0.05, 0.1) is 11.1 Å². The van der Waals surface area contributed by atoms with Crippen LogP contribution < -0.4 is 0 Å². The van der Waals surface area contributed by atoms with Crippen LogP contribution >= 0.6 is 0 Å². The van der Waals surface area contributed by atoms with E-state index in [0.717, 1.165) is 17.1 Å². The highest BCUT2D eigenvalue weighted by molar-refractivity contribution is 5.78. The Kier molecular flexibility index (Phi) is 2.55. The van der Waals surface area contributed by atoms with Gasteiger partial charge in [-0.1, -0.05) is 0 Å². The molecular weight excluding hydrogens is 248 g/mol. The van der Waals surface area contributed by atoms with Crippen molar-refractivity contribution >= 4 is 11.2 Å². The Bertz CT molecular complexity index is 778. The van der Waals surface area contributed by atoms with Crippen LogP contribution in [0.15, 0.2) is 24.4 Å². The number of nitrogens with one attached hydrogen (secondary N) is 1. The molecule has 0 saturated carbocycles. The molecule has 5 heteroatoms. The molecule has 19 heavy (non-hydrogen) atoms. The van der Waals surface area contributed by atoms with Crippen LogP contribution in [0.3, 0.4) is 0 Å². The molecule has 0 saturated heterocycles. The predicted molar refractivity (Wildman–Crippen MR) is 68.7 cm³/mol. The number of aryl methyl sites for hydroxylation is 2. The lowest BCUT2D eigenvalue weighted by Crippen LogP contribution is -1.91. The van der Waals surface area contributed by atoms with Crippen LogP contribution in [0.1, 0.15) is 11.1 Å². The van der Waals surface area contributed by atoms with Crippen molar-refractivity contribution in [1.82, 2.24) is 15.0 Å². The second-order valence-corrected chi connectivity index (χ2v) is 4.49. The number of hydrogen-bond donors (Lipinski definition) is 1. The third kappa shape index (κ3) is 1.87. The second-order valence-electron chi connectivity index (χ2n) is 4.49. The molecule has 0 aliphatic carbocycles. The molecule has 0 amide bonds. The van der Waals surface area contributed by atoms with Crippen LogP contribution in [-0.2, 0) is 0 Å². The van der Waals surface area contributed by atoms with Crippen molar-refractivity contribution in [1.29, 1.82) is 0 Å². The van der Waals surface area contributed by atoms with E-state index in [1.165, 1.54) is 6.07 Å². The van der Waals surface area contributed by atoms with Gasteiger partial charge in [0.2, 0.25) is 0 Å². The quantitative estimate of drug-likeness (QED) is 0.726. The van der Waals surface area contributed by atoms with Crippen LogP contribution in [0.25, 0.3) is 22.6 Å². The first-order valence-electron chi connectivity index (χ1n) is 5.83. The molecule has 0 fully saturated rings. The Morgan fingerprint density at radius 2 is 1.84 bits per heavy atom. The minimum Gasteiger partial charge on any atom is -0.336 e. The topological polar surface area (TPSA) is 41.6 Å². The molecule has 0 spiro atoms. The molecule has 0 aliphatic rings. The van der Waals surface area contributed by atoms with Gasteiger partial charge in [-0.25, -0.2) is 18.7 Å². The number of aromatic amines is 1. The van der Waals surface area contributed by atoms with Crippen LogP contribution in [0.4, 0.5) is 8.78 Å². The summed E-state index contributed by atoms with van der Waals surface area (Å²) >= 11 is 0. The molecular formula is C14H11F2N3. The molecule has 3 aromatic rings. The highest BCUT2D eigenvalue weighted by Crippen LogP contribution is 2.25. The zero-order valence-electron chi connectivity index (χ0n) is 10.5. The maximum Gasteiger partial charge on any atom is 0.178 e. The van der Waals surface area contributed by atoms with Crippen molar-refractivity contribution < 1.29 is 8.78 Å². The molecule has 2 aromatic heterocycles. The fourth-order valence-electron chi connectivity index (χ4n) is 2.00. The normalized spacial score (nSPS) is 11.2. The number of fused-ring (bicyclic) bond motifs is 1. The summed E-state index contributed by atoms with van der Waals surface area (Å²) in [5.74, 6) is -0.844. The van der Waals surface area contributed by atoms with Gasteiger partial charge in [-0.2, -0.15) is 0 Å². The van der Waals surface area contributed by atoms with E-state index in [9.17, 15) is 8.78 Å². The Labute approximate surface area is 108 Å². The average molecular weight is 259 g/mol. The lowest BCUT2D eigenvalue weighted by atomic mass is 10.1. The zero-order chi connectivity index (χ0) is 13.6. The van der Waals surface area contributed by atoms with Crippen LogP contribution in [-0.4, -0.2) is 15.0 Å². The van der Waals surface area contributed by atoms with E-state index in [-0.39, 0.29) is 5.56 Å². The van der Waals surface area contributed by atoms with Crippen molar-refractivity contribution in [3.8, 4) is 11.4 Å². The lowest BCUT2D eigenvalue weighted by Gasteiger charge is -2.02. The number of halogens is 2. The summed E-state index contributed by atoms with van der Waals surface area (Å²) in [5.41, 5.74) is 2.89. The van der Waals surface area contributed by atoms with E-state index in [2.05, 4.69) is 15.0 Å². The van der Waals surface area contributed by atoms with E-state index >= 15 is 0 Å². The third-order valence-electron chi connectivity index (χ3n) is 3.10. The summed E-state index contributed by atoms with van der Waals surface area (Å²) in [6.07, 6.45) is 1.65. The molecule has 3 nitrogen and oxygen atoms in total. The van der Waals surface area contributed by atoms with Gasteiger partial charge in [-0.15, -0.1) is 0 Å². The van der Waals surface area contributed by atoms with Crippen LogP contribution in [0.5, 0.6) is 0 Å². The highest BCUT2D eigenvalue weighted by atomic mass is 19.1. The van der Waals surface area contributed by atoms with Gasteiger partial charge in [0.15, 0.2) is 5.65 Å². The Morgan fingerprint density at radius 3 is 2.58 bits per heavy atom. The number of aromatic nitrogens is 3. The van der Waals surface area contributed by atoms with Gasteiger partial charge in [-0.05, 0) is 37.1 Å². The van der Waals surface area contributed by atoms with Gasteiger partial charge in [0.25, 0.3) is 0 Å². The molecule has 96 valence electrons. The van der Waals surface area contributed by atoms with E-state index in [1.807, 2.05) is 13.0 Å². The second kappa shape index (κ2) is 4.12. The zero-order valence-corrected chi connectivity index (χ0v) is 10.5. The minimum absolute atomic E-state index is 0.247. The number of imidazole rings is 1.